The third-order valence-corrected chi connectivity index (χ3v) is 9.27. The molecule has 1 aromatic heterocycles. The summed E-state index contributed by atoms with van der Waals surface area (Å²) in [5.74, 6) is 3.24. The van der Waals surface area contributed by atoms with Crippen molar-refractivity contribution in [3.8, 4) is 0 Å². The monoisotopic (exact) mass is 476 g/mol. The Hall–Kier alpha value is -2.11. The maximum atomic E-state index is 6.41. The highest BCUT2D eigenvalue weighted by molar-refractivity contribution is 8.00. The van der Waals surface area contributed by atoms with Crippen LogP contribution in [0.1, 0.15) is 75.1 Å². The van der Waals surface area contributed by atoms with Gasteiger partial charge in [0.1, 0.15) is 0 Å². The Bertz CT molecular complexity index is 1000. The van der Waals surface area contributed by atoms with Crippen LogP contribution in [0.3, 0.4) is 0 Å². The smallest absolute Gasteiger partial charge is 0.271 e. The number of hydrogen-bond acceptors (Lipinski definition) is 4. The van der Waals surface area contributed by atoms with Crippen molar-refractivity contribution in [3.63, 3.8) is 0 Å². The molecule has 0 bridgehead atoms. The van der Waals surface area contributed by atoms with Gasteiger partial charge in [-0.15, -0.1) is 22.0 Å². The minimum atomic E-state index is 0.227. The Balaban J connectivity index is 1.29. The highest BCUT2D eigenvalue weighted by Crippen LogP contribution is 2.40. The van der Waals surface area contributed by atoms with E-state index in [1.54, 1.807) is 4.90 Å². The molecule has 4 unspecified atom stereocenters. The fraction of sp³-hybridized carbons (Fsp3) is 0.517. The summed E-state index contributed by atoms with van der Waals surface area (Å²) in [5.41, 5.74) is 1.32. The van der Waals surface area contributed by atoms with Gasteiger partial charge in [0.15, 0.2) is 6.54 Å². The first kappa shape index (κ1) is 23.6. The summed E-state index contributed by atoms with van der Waals surface area (Å²) in [6.07, 6.45) is 9.01. The van der Waals surface area contributed by atoms with Crippen molar-refractivity contribution in [3.05, 3.63) is 78.0 Å². The molecule has 2 heterocycles. The fourth-order valence-corrected chi connectivity index (χ4v) is 7.49. The van der Waals surface area contributed by atoms with Gasteiger partial charge in [0, 0.05) is 11.3 Å². The number of piperidine rings is 1. The maximum Gasteiger partial charge on any atom is 0.271 e. The first-order valence-electron chi connectivity index (χ1n) is 13.2. The van der Waals surface area contributed by atoms with Crippen molar-refractivity contribution >= 4 is 11.8 Å². The van der Waals surface area contributed by atoms with Gasteiger partial charge in [0.2, 0.25) is 5.89 Å². The van der Waals surface area contributed by atoms with Gasteiger partial charge in [-0.25, -0.2) is 0 Å². The summed E-state index contributed by atoms with van der Waals surface area (Å²) < 4.78 is 6.41. The van der Waals surface area contributed by atoms with Crippen LogP contribution >= 0.6 is 11.8 Å². The third-order valence-electron chi connectivity index (χ3n) is 7.87. The van der Waals surface area contributed by atoms with E-state index in [1.807, 2.05) is 0 Å². The number of aromatic nitrogens is 2. The minimum Gasteiger partial charge on any atom is -0.419 e. The molecule has 0 spiro atoms. The van der Waals surface area contributed by atoms with E-state index in [2.05, 4.69) is 89.5 Å². The van der Waals surface area contributed by atoms with E-state index in [1.165, 1.54) is 61.9 Å². The second-order valence-electron chi connectivity index (χ2n) is 10.1. The predicted molar refractivity (Wildman–Crippen MR) is 138 cm³/mol. The van der Waals surface area contributed by atoms with E-state index in [0.717, 1.165) is 30.8 Å². The van der Waals surface area contributed by atoms with Crippen molar-refractivity contribution in [2.75, 3.05) is 13.1 Å². The molecule has 1 saturated carbocycles. The van der Waals surface area contributed by atoms with Crippen LogP contribution in [-0.2, 0) is 6.54 Å². The zero-order valence-electron chi connectivity index (χ0n) is 20.4. The molecule has 2 aliphatic rings. The van der Waals surface area contributed by atoms with E-state index in [4.69, 9.17) is 4.42 Å². The third kappa shape index (κ3) is 5.75. The summed E-state index contributed by atoms with van der Waals surface area (Å²) in [5, 5.41) is 9.81. The fourth-order valence-electron chi connectivity index (χ4n) is 5.99. The van der Waals surface area contributed by atoms with Crippen LogP contribution in [0, 0.1) is 11.8 Å². The zero-order chi connectivity index (χ0) is 23.2. The largest absolute Gasteiger partial charge is 0.419 e. The van der Waals surface area contributed by atoms with E-state index < -0.39 is 0 Å². The van der Waals surface area contributed by atoms with E-state index in [0.29, 0.717) is 11.2 Å². The standard InChI is InChI=1S/C29H37N3OS/c1-2-22-18-19-32(20-26(22)34-25-16-10-5-11-17-25)21-27-30-31-29(33-27)28(23-12-6-3-7-13-23)24-14-8-4-9-15-24/h3,5-7,10-13,16-17,22,24,26,28H,2,4,8-9,14-15,18-21H2,1H3/p+1. The Morgan fingerprint density at radius 1 is 0.941 bits per heavy atom. The van der Waals surface area contributed by atoms with Gasteiger partial charge in [-0.1, -0.05) is 81.1 Å². The Labute approximate surface area is 208 Å². The van der Waals surface area contributed by atoms with Gasteiger partial charge in [-0.2, -0.15) is 0 Å². The lowest BCUT2D eigenvalue weighted by Gasteiger charge is -2.34. The molecule has 1 N–H and O–H groups in total. The van der Waals surface area contributed by atoms with E-state index in [9.17, 15) is 0 Å². The molecule has 5 rings (SSSR count). The molecular formula is C29H38N3OS+. The summed E-state index contributed by atoms with van der Waals surface area (Å²) in [4.78, 5) is 2.95. The minimum absolute atomic E-state index is 0.227. The van der Waals surface area contributed by atoms with Gasteiger partial charge in [-0.05, 0) is 42.4 Å². The lowest BCUT2D eigenvalue weighted by molar-refractivity contribution is -0.920. The van der Waals surface area contributed by atoms with Crippen LogP contribution in [0.15, 0.2) is 70.0 Å². The van der Waals surface area contributed by atoms with Gasteiger partial charge in [0.05, 0.1) is 24.3 Å². The number of hydrogen-bond donors (Lipinski definition) is 1. The first-order valence-corrected chi connectivity index (χ1v) is 14.1. The van der Waals surface area contributed by atoms with E-state index in [-0.39, 0.29) is 5.92 Å². The van der Waals surface area contributed by atoms with Crippen LogP contribution in [0.5, 0.6) is 0 Å². The van der Waals surface area contributed by atoms with Crippen molar-refractivity contribution in [1.29, 1.82) is 0 Å². The normalized spacial score (nSPS) is 24.7. The van der Waals surface area contributed by atoms with Crippen molar-refractivity contribution in [1.82, 2.24) is 10.2 Å². The number of nitrogens with zero attached hydrogens (tertiary/aromatic N) is 2. The number of nitrogens with one attached hydrogen (secondary N) is 1. The molecule has 2 aromatic carbocycles. The second kappa shape index (κ2) is 11.5. The molecule has 1 aliphatic heterocycles. The molecule has 1 saturated heterocycles. The SMILES string of the molecule is CCC1CC[NH+](Cc2nnc(C(c3ccccc3)C3CCCCC3)o2)CC1Sc1ccccc1. The summed E-state index contributed by atoms with van der Waals surface area (Å²) in [6.45, 7) is 5.52. The van der Waals surface area contributed by atoms with Crippen molar-refractivity contribution < 1.29 is 9.32 Å². The molecule has 180 valence electrons. The molecule has 2 fully saturated rings. The van der Waals surface area contributed by atoms with Crippen LogP contribution in [0.25, 0.3) is 0 Å². The Morgan fingerprint density at radius 2 is 1.68 bits per heavy atom. The second-order valence-corrected chi connectivity index (χ2v) is 11.4. The average Bonchev–Trinajstić information content (AvgIpc) is 3.34. The molecule has 5 heteroatoms. The molecule has 3 aromatic rings. The molecule has 0 amide bonds. The molecule has 4 nitrogen and oxygen atoms in total. The molecule has 34 heavy (non-hydrogen) atoms. The van der Waals surface area contributed by atoms with Gasteiger partial charge in [0.25, 0.3) is 5.89 Å². The number of thioether (sulfide) groups is 1. The molecule has 0 radical (unpaired) electrons. The quantitative estimate of drug-likeness (QED) is 0.449. The highest BCUT2D eigenvalue weighted by Gasteiger charge is 2.34. The van der Waals surface area contributed by atoms with Crippen LogP contribution in [0.4, 0.5) is 0 Å². The number of likely N-dealkylation sites (tertiary alicyclic amines) is 1. The summed E-state index contributed by atoms with van der Waals surface area (Å²) >= 11 is 2.05. The van der Waals surface area contributed by atoms with Gasteiger partial charge < -0.3 is 9.32 Å². The predicted octanol–water partition coefficient (Wildman–Crippen LogP) is 5.76. The molecule has 4 atom stereocenters. The maximum absolute atomic E-state index is 6.41. The van der Waals surface area contributed by atoms with Crippen molar-refractivity contribution in [2.45, 2.75) is 74.5 Å². The lowest BCUT2D eigenvalue weighted by atomic mass is 9.77. The Morgan fingerprint density at radius 3 is 2.41 bits per heavy atom. The number of benzene rings is 2. The van der Waals surface area contributed by atoms with Crippen LogP contribution in [0.2, 0.25) is 0 Å². The van der Waals surface area contributed by atoms with Crippen molar-refractivity contribution in [2.24, 2.45) is 11.8 Å². The topological polar surface area (TPSA) is 43.4 Å². The van der Waals surface area contributed by atoms with Gasteiger partial charge >= 0.3 is 0 Å². The molecular weight excluding hydrogens is 438 g/mol. The van der Waals surface area contributed by atoms with Gasteiger partial charge in [-0.3, -0.25) is 0 Å². The average molecular weight is 477 g/mol. The summed E-state index contributed by atoms with van der Waals surface area (Å²) in [7, 11) is 0. The first-order chi connectivity index (χ1) is 16.8. The van der Waals surface area contributed by atoms with E-state index >= 15 is 0 Å². The lowest BCUT2D eigenvalue weighted by Crippen LogP contribution is -3.13. The van der Waals surface area contributed by atoms with Crippen LogP contribution < -0.4 is 4.90 Å². The highest BCUT2D eigenvalue weighted by atomic mass is 32.2. The molecule has 1 aliphatic carbocycles. The zero-order valence-corrected chi connectivity index (χ0v) is 21.2. The Kier molecular flexibility index (Phi) is 8.02. The summed E-state index contributed by atoms with van der Waals surface area (Å²) in [6, 6.07) is 21.7. The number of quaternary nitrogens is 1. The number of rotatable bonds is 8. The van der Waals surface area contributed by atoms with Crippen LogP contribution in [-0.4, -0.2) is 28.5 Å².